The molecule has 0 atom stereocenters. The minimum Gasteiger partial charge on any atom is -0.438 e. The van der Waals surface area contributed by atoms with Gasteiger partial charge < -0.3 is 4.42 Å². The van der Waals surface area contributed by atoms with E-state index in [1.807, 2.05) is 48.5 Å². The van der Waals surface area contributed by atoms with E-state index < -0.39 is 0 Å². The highest BCUT2D eigenvalue weighted by molar-refractivity contribution is 5.91. The minimum atomic E-state index is 0.551. The molecular formula is C18H11N5O. The molecule has 6 nitrogen and oxygen atoms in total. The molecule has 5 aromatic rings. The van der Waals surface area contributed by atoms with Crippen LogP contribution in [0.3, 0.4) is 0 Å². The highest BCUT2D eigenvalue weighted by atomic mass is 16.3. The fraction of sp³-hybridized carbons (Fsp3) is 0. The molecule has 0 aliphatic carbocycles. The Bertz CT molecular complexity index is 1050. The fourth-order valence-electron chi connectivity index (χ4n) is 2.70. The summed E-state index contributed by atoms with van der Waals surface area (Å²) in [6, 6.07) is 15.6. The maximum atomic E-state index is 5.87. The number of furan rings is 1. The molecule has 6 heteroatoms. The Morgan fingerprint density at radius 1 is 0.917 bits per heavy atom. The van der Waals surface area contributed by atoms with Crippen molar-refractivity contribution in [1.82, 2.24) is 24.6 Å². The molecule has 5 rings (SSSR count). The monoisotopic (exact) mass is 313 g/mol. The summed E-state index contributed by atoms with van der Waals surface area (Å²) in [5, 5.41) is 5.33. The maximum absolute atomic E-state index is 5.87. The smallest absolute Gasteiger partial charge is 0.231 e. The van der Waals surface area contributed by atoms with Crippen LogP contribution in [0.1, 0.15) is 0 Å². The Morgan fingerprint density at radius 2 is 1.75 bits per heavy atom. The predicted octanol–water partition coefficient (Wildman–Crippen LogP) is 3.60. The van der Waals surface area contributed by atoms with Gasteiger partial charge in [0.15, 0.2) is 11.5 Å². The number of rotatable bonds is 2. The molecule has 0 N–H and O–H groups in total. The summed E-state index contributed by atoms with van der Waals surface area (Å²) in [6.07, 6.45) is 5.06. The molecule has 0 fully saturated rings. The summed E-state index contributed by atoms with van der Waals surface area (Å²) in [5.74, 6) is 1.40. The normalized spacial score (nSPS) is 11.3. The maximum Gasteiger partial charge on any atom is 0.231 e. The molecule has 0 bridgehead atoms. The van der Waals surface area contributed by atoms with E-state index >= 15 is 0 Å². The third kappa shape index (κ3) is 1.97. The average molecular weight is 313 g/mol. The van der Waals surface area contributed by atoms with Gasteiger partial charge in [0.25, 0.3) is 0 Å². The van der Waals surface area contributed by atoms with Gasteiger partial charge >= 0.3 is 0 Å². The molecule has 0 unspecified atom stereocenters. The van der Waals surface area contributed by atoms with Gasteiger partial charge in [-0.2, -0.15) is 0 Å². The number of aromatic nitrogens is 5. The van der Waals surface area contributed by atoms with Gasteiger partial charge in [-0.25, -0.2) is 14.5 Å². The summed E-state index contributed by atoms with van der Waals surface area (Å²) in [5.41, 5.74) is 3.18. The molecule has 0 radical (unpaired) electrons. The molecular weight excluding hydrogens is 302 g/mol. The number of hydrogen-bond donors (Lipinski definition) is 0. The van der Waals surface area contributed by atoms with E-state index in [2.05, 4.69) is 20.1 Å². The van der Waals surface area contributed by atoms with E-state index in [1.165, 1.54) is 0 Å². The molecule has 0 saturated heterocycles. The van der Waals surface area contributed by atoms with Crippen LogP contribution in [0.4, 0.5) is 0 Å². The van der Waals surface area contributed by atoms with Crippen molar-refractivity contribution in [3.63, 3.8) is 0 Å². The summed E-state index contributed by atoms with van der Waals surface area (Å²) in [4.78, 5) is 13.0. The fourth-order valence-corrected chi connectivity index (χ4v) is 2.70. The summed E-state index contributed by atoms with van der Waals surface area (Å²) in [6.45, 7) is 0. The highest BCUT2D eigenvalue weighted by Gasteiger charge is 2.14. The van der Waals surface area contributed by atoms with E-state index in [0.717, 1.165) is 27.9 Å². The van der Waals surface area contributed by atoms with E-state index in [4.69, 9.17) is 4.42 Å². The second-order valence-corrected chi connectivity index (χ2v) is 5.38. The van der Waals surface area contributed by atoms with Crippen LogP contribution in [0.25, 0.3) is 39.5 Å². The zero-order valence-electron chi connectivity index (χ0n) is 12.5. The topological polar surface area (TPSA) is 69.1 Å². The molecule has 24 heavy (non-hydrogen) atoms. The predicted molar refractivity (Wildman–Crippen MR) is 89.2 cm³/mol. The third-order valence-corrected chi connectivity index (χ3v) is 3.87. The van der Waals surface area contributed by atoms with Crippen LogP contribution >= 0.6 is 0 Å². The molecule has 0 amide bonds. The van der Waals surface area contributed by atoms with Gasteiger partial charge in [-0.05, 0) is 18.2 Å². The Morgan fingerprint density at radius 3 is 2.58 bits per heavy atom. The van der Waals surface area contributed by atoms with Crippen molar-refractivity contribution in [2.45, 2.75) is 0 Å². The van der Waals surface area contributed by atoms with Crippen LogP contribution in [0.15, 0.2) is 71.7 Å². The van der Waals surface area contributed by atoms with E-state index in [1.54, 1.807) is 23.2 Å². The zero-order chi connectivity index (χ0) is 15.9. The molecule has 4 heterocycles. The zero-order valence-corrected chi connectivity index (χ0v) is 12.5. The lowest BCUT2D eigenvalue weighted by Gasteiger charge is -1.93. The number of pyridine rings is 1. The lowest BCUT2D eigenvalue weighted by Crippen LogP contribution is -1.89. The molecule has 0 saturated carbocycles. The van der Waals surface area contributed by atoms with Gasteiger partial charge in [0.1, 0.15) is 12.1 Å². The molecule has 0 aliphatic rings. The van der Waals surface area contributed by atoms with Crippen molar-refractivity contribution in [3.8, 4) is 22.7 Å². The SMILES string of the molecule is c1ccc(-c2cc3c(ncn4nc(-c5ccncc5)nc34)o2)cc1. The van der Waals surface area contributed by atoms with Crippen LogP contribution in [0.2, 0.25) is 0 Å². The molecule has 0 aliphatic heterocycles. The summed E-state index contributed by atoms with van der Waals surface area (Å²) < 4.78 is 7.54. The van der Waals surface area contributed by atoms with E-state index in [9.17, 15) is 0 Å². The standard InChI is InChI=1S/C18H11N5O/c1-2-4-12(5-3-1)15-10-14-17-21-16(13-6-8-19-9-7-13)22-23(17)11-20-18(14)24-15/h1-11H. The van der Waals surface area contributed by atoms with Crippen molar-refractivity contribution < 1.29 is 4.42 Å². The quantitative estimate of drug-likeness (QED) is 0.498. The van der Waals surface area contributed by atoms with Crippen LogP contribution in [0, 0.1) is 0 Å². The van der Waals surface area contributed by atoms with Gasteiger partial charge in [0.05, 0.1) is 5.39 Å². The summed E-state index contributed by atoms with van der Waals surface area (Å²) >= 11 is 0. The number of fused-ring (bicyclic) bond motifs is 3. The highest BCUT2D eigenvalue weighted by Crippen LogP contribution is 2.29. The van der Waals surface area contributed by atoms with Gasteiger partial charge in [0, 0.05) is 23.5 Å². The largest absolute Gasteiger partial charge is 0.438 e. The first-order valence-corrected chi connectivity index (χ1v) is 7.49. The first kappa shape index (κ1) is 13.0. The van der Waals surface area contributed by atoms with Gasteiger partial charge in [-0.15, -0.1) is 5.10 Å². The Balaban J connectivity index is 1.72. The second kappa shape index (κ2) is 4.99. The van der Waals surface area contributed by atoms with Crippen molar-refractivity contribution in [2.24, 2.45) is 0 Å². The Hall–Kier alpha value is -3.54. The number of hydrogen-bond acceptors (Lipinski definition) is 5. The van der Waals surface area contributed by atoms with Gasteiger partial charge in [-0.3, -0.25) is 4.98 Å². The third-order valence-electron chi connectivity index (χ3n) is 3.87. The Kier molecular flexibility index (Phi) is 2.69. The van der Waals surface area contributed by atoms with Crippen LogP contribution in [0.5, 0.6) is 0 Å². The van der Waals surface area contributed by atoms with Crippen molar-refractivity contribution in [1.29, 1.82) is 0 Å². The lowest BCUT2D eigenvalue weighted by atomic mass is 10.2. The molecule has 1 aromatic carbocycles. The second-order valence-electron chi connectivity index (χ2n) is 5.38. The number of benzene rings is 1. The number of nitrogens with zero attached hydrogens (tertiary/aromatic N) is 5. The summed E-state index contributed by atoms with van der Waals surface area (Å²) in [7, 11) is 0. The molecule has 0 spiro atoms. The first-order chi connectivity index (χ1) is 11.9. The average Bonchev–Trinajstić information content (AvgIpc) is 3.27. The van der Waals surface area contributed by atoms with Crippen molar-refractivity contribution in [2.75, 3.05) is 0 Å². The van der Waals surface area contributed by atoms with Crippen molar-refractivity contribution >= 4 is 16.7 Å². The minimum absolute atomic E-state index is 0.551. The van der Waals surface area contributed by atoms with E-state index in [0.29, 0.717) is 11.5 Å². The van der Waals surface area contributed by atoms with Gasteiger partial charge in [-0.1, -0.05) is 30.3 Å². The van der Waals surface area contributed by atoms with Crippen LogP contribution < -0.4 is 0 Å². The Labute approximate surface area is 136 Å². The van der Waals surface area contributed by atoms with Crippen LogP contribution in [-0.4, -0.2) is 24.6 Å². The van der Waals surface area contributed by atoms with E-state index in [-0.39, 0.29) is 0 Å². The first-order valence-electron chi connectivity index (χ1n) is 7.49. The molecule has 114 valence electrons. The molecule has 4 aromatic heterocycles. The lowest BCUT2D eigenvalue weighted by molar-refractivity contribution is 0.616. The van der Waals surface area contributed by atoms with Gasteiger partial charge in [0.2, 0.25) is 5.71 Å². The van der Waals surface area contributed by atoms with Crippen molar-refractivity contribution in [3.05, 3.63) is 67.3 Å². The van der Waals surface area contributed by atoms with Crippen LogP contribution in [-0.2, 0) is 0 Å².